The molecule has 0 spiro atoms. The molecule has 0 fully saturated rings. The Hall–Kier alpha value is -4.45. The number of para-hydroxylation sites is 1. The highest BCUT2D eigenvalue weighted by atomic mass is 16.2. The summed E-state index contributed by atoms with van der Waals surface area (Å²) in [6.07, 6.45) is 1.69. The average Bonchev–Trinajstić information content (AvgIpc) is 3.33. The number of nitrogens with one attached hydrogen (secondary N) is 1. The van der Waals surface area contributed by atoms with Gasteiger partial charge < -0.3 is 5.32 Å². The molecule has 0 radical (unpaired) electrons. The molecular weight excluding hydrogens is 460 g/mol. The van der Waals surface area contributed by atoms with E-state index in [2.05, 4.69) is 17.4 Å². The number of carbonyl (C=O) groups is 1. The Morgan fingerprint density at radius 1 is 0.919 bits per heavy atom. The molecule has 2 heterocycles. The summed E-state index contributed by atoms with van der Waals surface area (Å²) < 4.78 is 3.31. The number of pyridine rings is 1. The molecule has 1 atom stereocenters. The van der Waals surface area contributed by atoms with E-state index in [1.54, 1.807) is 10.7 Å². The van der Waals surface area contributed by atoms with Crippen molar-refractivity contribution in [2.24, 2.45) is 0 Å². The fourth-order valence-electron chi connectivity index (χ4n) is 4.73. The second-order valence-corrected chi connectivity index (χ2v) is 9.41. The number of hydrogen-bond acceptors (Lipinski definition) is 3. The lowest BCUT2D eigenvalue weighted by Gasteiger charge is -2.16. The van der Waals surface area contributed by atoms with Gasteiger partial charge in [0.1, 0.15) is 17.9 Å². The quantitative estimate of drug-likeness (QED) is 0.321. The minimum Gasteiger partial charge on any atom is -0.352 e. The second kappa shape index (κ2) is 10.7. The van der Waals surface area contributed by atoms with E-state index in [4.69, 9.17) is 5.10 Å². The van der Waals surface area contributed by atoms with Gasteiger partial charge in [0.05, 0.1) is 5.69 Å². The van der Waals surface area contributed by atoms with Crippen LogP contribution in [-0.2, 0) is 17.8 Å². The Bertz CT molecular complexity index is 1570. The molecule has 186 valence electrons. The molecule has 0 bridgehead atoms. The number of nitrogens with zero attached hydrogens (tertiary/aromatic N) is 3. The summed E-state index contributed by atoms with van der Waals surface area (Å²) in [7, 11) is 0. The van der Waals surface area contributed by atoms with E-state index < -0.39 is 0 Å². The van der Waals surface area contributed by atoms with Crippen molar-refractivity contribution in [2.75, 3.05) is 0 Å². The van der Waals surface area contributed by atoms with Gasteiger partial charge in [0, 0.05) is 23.1 Å². The van der Waals surface area contributed by atoms with Crippen LogP contribution in [0.2, 0.25) is 0 Å². The topological polar surface area (TPSA) is 68.9 Å². The van der Waals surface area contributed by atoms with E-state index in [9.17, 15) is 9.59 Å². The van der Waals surface area contributed by atoms with Crippen molar-refractivity contribution < 1.29 is 4.79 Å². The van der Waals surface area contributed by atoms with Crippen LogP contribution in [0.4, 0.5) is 0 Å². The third kappa shape index (κ3) is 5.23. The maximum atomic E-state index is 13.3. The molecule has 5 rings (SSSR count). The highest BCUT2D eigenvalue weighted by Gasteiger charge is 2.21. The van der Waals surface area contributed by atoms with Crippen LogP contribution in [0, 0.1) is 6.92 Å². The molecule has 6 heteroatoms. The van der Waals surface area contributed by atoms with Gasteiger partial charge in [0.2, 0.25) is 5.91 Å². The predicted octanol–water partition coefficient (Wildman–Crippen LogP) is 5.30. The SMILES string of the molecule is Cc1cc(=O)n(CC(=O)NC(C)CCc2ccccc2)c2c1c(-c1ccccc1)nn2-c1ccccc1. The summed E-state index contributed by atoms with van der Waals surface area (Å²) in [6, 6.07) is 31.4. The number of aromatic nitrogens is 3. The minimum atomic E-state index is -0.228. The number of fused-ring (bicyclic) bond motifs is 1. The lowest BCUT2D eigenvalue weighted by Crippen LogP contribution is -2.38. The summed E-state index contributed by atoms with van der Waals surface area (Å²) >= 11 is 0. The van der Waals surface area contributed by atoms with Gasteiger partial charge in [-0.25, -0.2) is 4.68 Å². The summed E-state index contributed by atoms with van der Waals surface area (Å²) in [6.45, 7) is 3.83. The van der Waals surface area contributed by atoms with Gasteiger partial charge in [-0.15, -0.1) is 0 Å². The third-order valence-electron chi connectivity index (χ3n) is 6.58. The molecule has 3 aromatic carbocycles. The summed E-state index contributed by atoms with van der Waals surface area (Å²) in [5, 5.41) is 8.88. The Balaban J connectivity index is 1.51. The molecule has 1 N–H and O–H groups in total. The third-order valence-corrected chi connectivity index (χ3v) is 6.58. The molecule has 1 amide bonds. The van der Waals surface area contributed by atoms with Crippen LogP contribution in [0.1, 0.15) is 24.5 Å². The normalized spacial score (nSPS) is 11.9. The number of amides is 1. The van der Waals surface area contributed by atoms with Crippen LogP contribution < -0.4 is 10.9 Å². The summed E-state index contributed by atoms with van der Waals surface area (Å²) in [5.74, 6) is -0.199. The smallest absolute Gasteiger partial charge is 0.252 e. The first-order valence-electron chi connectivity index (χ1n) is 12.6. The number of hydrogen-bond donors (Lipinski definition) is 1. The van der Waals surface area contributed by atoms with E-state index in [0.717, 1.165) is 40.7 Å². The monoisotopic (exact) mass is 490 g/mol. The van der Waals surface area contributed by atoms with Gasteiger partial charge >= 0.3 is 0 Å². The molecular formula is C31H30N4O2. The van der Waals surface area contributed by atoms with Crippen LogP contribution in [0.15, 0.2) is 102 Å². The first kappa shape index (κ1) is 24.3. The molecule has 0 aliphatic heterocycles. The van der Waals surface area contributed by atoms with Crippen molar-refractivity contribution in [3.63, 3.8) is 0 Å². The molecule has 0 saturated heterocycles. The number of benzene rings is 3. The Morgan fingerprint density at radius 2 is 1.54 bits per heavy atom. The first-order chi connectivity index (χ1) is 18.0. The van der Waals surface area contributed by atoms with E-state index in [-0.39, 0.29) is 24.1 Å². The average molecular weight is 491 g/mol. The highest BCUT2D eigenvalue weighted by molar-refractivity contribution is 5.95. The van der Waals surface area contributed by atoms with E-state index in [1.807, 2.05) is 92.7 Å². The maximum absolute atomic E-state index is 13.3. The molecule has 0 saturated carbocycles. The molecule has 0 aliphatic carbocycles. The number of carbonyl (C=O) groups excluding carboxylic acids is 1. The van der Waals surface area contributed by atoms with Gasteiger partial charge in [0.15, 0.2) is 0 Å². The van der Waals surface area contributed by atoms with Gasteiger partial charge in [-0.2, -0.15) is 5.10 Å². The van der Waals surface area contributed by atoms with Crippen molar-refractivity contribution in [3.05, 3.63) is 119 Å². The van der Waals surface area contributed by atoms with Gasteiger partial charge in [-0.3, -0.25) is 14.2 Å². The molecule has 37 heavy (non-hydrogen) atoms. The van der Waals surface area contributed by atoms with E-state index in [0.29, 0.717) is 5.65 Å². The fourth-order valence-corrected chi connectivity index (χ4v) is 4.73. The van der Waals surface area contributed by atoms with Crippen LogP contribution in [0.25, 0.3) is 28.0 Å². The van der Waals surface area contributed by atoms with Gasteiger partial charge in [-0.1, -0.05) is 78.9 Å². The van der Waals surface area contributed by atoms with Gasteiger partial charge in [0.25, 0.3) is 5.56 Å². The van der Waals surface area contributed by atoms with Crippen molar-refractivity contribution in [3.8, 4) is 16.9 Å². The van der Waals surface area contributed by atoms with Crippen molar-refractivity contribution in [2.45, 2.75) is 39.3 Å². The lowest BCUT2D eigenvalue weighted by atomic mass is 10.1. The van der Waals surface area contributed by atoms with E-state index >= 15 is 0 Å². The van der Waals surface area contributed by atoms with Crippen LogP contribution in [0.3, 0.4) is 0 Å². The number of aryl methyl sites for hydroxylation is 2. The second-order valence-electron chi connectivity index (χ2n) is 9.41. The predicted molar refractivity (Wildman–Crippen MR) is 148 cm³/mol. The van der Waals surface area contributed by atoms with Crippen LogP contribution in [0.5, 0.6) is 0 Å². The maximum Gasteiger partial charge on any atom is 0.252 e. The van der Waals surface area contributed by atoms with Gasteiger partial charge in [-0.05, 0) is 49.9 Å². The molecule has 5 aromatic rings. The van der Waals surface area contributed by atoms with Crippen molar-refractivity contribution in [1.29, 1.82) is 0 Å². The summed E-state index contributed by atoms with van der Waals surface area (Å²) in [4.78, 5) is 26.4. The molecule has 6 nitrogen and oxygen atoms in total. The van der Waals surface area contributed by atoms with Crippen molar-refractivity contribution in [1.82, 2.24) is 19.7 Å². The highest BCUT2D eigenvalue weighted by Crippen LogP contribution is 2.31. The number of rotatable bonds is 8. The Labute approximate surface area is 216 Å². The molecule has 1 unspecified atom stereocenters. The van der Waals surface area contributed by atoms with Crippen LogP contribution in [-0.4, -0.2) is 26.3 Å². The zero-order chi connectivity index (χ0) is 25.8. The lowest BCUT2D eigenvalue weighted by molar-refractivity contribution is -0.122. The Kier molecular flexibility index (Phi) is 6.99. The standard InChI is InChI=1S/C31H30N4O2/c1-22-20-28(37)34(21-27(36)32-23(2)18-19-24-12-6-3-7-13-24)31-29(22)30(25-14-8-4-9-15-25)33-35(31)26-16-10-5-11-17-26/h3-17,20,23H,18-19,21H2,1-2H3,(H,32,36). The van der Waals surface area contributed by atoms with E-state index in [1.165, 1.54) is 10.1 Å². The fraction of sp³-hybridized carbons (Fsp3) is 0.194. The minimum absolute atomic E-state index is 0.0248. The van der Waals surface area contributed by atoms with Crippen molar-refractivity contribution >= 4 is 16.9 Å². The first-order valence-corrected chi connectivity index (χ1v) is 12.6. The molecule has 2 aromatic heterocycles. The summed E-state index contributed by atoms with van der Waals surface area (Å²) in [5.41, 5.74) is 5.01. The largest absolute Gasteiger partial charge is 0.352 e. The Morgan fingerprint density at radius 3 is 2.22 bits per heavy atom. The zero-order valence-corrected chi connectivity index (χ0v) is 21.1. The zero-order valence-electron chi connectivity index (χ0n) is 21.1. The molecule has 0 aliphatic rings. The van der Waals surface area contributed by atoms with Crippen LogP contribution >= 0.6 is 0 Å².